The van der Waals surface area contributed by atoms with Gasteiger partial charge in [0.1, 0.15) is 17.1 Å². The zero-order valence-electron chi connectivity index (χ0n) is 16.9. The molecule has 3 aliphatic rings. The predicted octanol–water partition coefficient (Wildman–Crippen LogP) is 2.42. The zero-order valence-corrected chi connectivity index (χ0v) is 16.9. The van der Waals surface area contributed by atoms with E-state index in [9.17, 15) is 9.59 Å². The molecular weight excluding hydrogens is 358 g/mol. The van der Waals surface area contributed by atoms with E-state index in [1.54, 1.807) is 18.5 Å². The van der Waals surface area contributed by atoms with E-state index in [-0.39, 0.29) is 23.3 Å². The van der Waals surface area contributed by atoms with E-state index in [2.05, 4.69) is 24.3 Å². The molecule has 0 bridgehead atoms. The fraction of sp³-hybridized carbons (Fsp3) is 0.600. The maximum absolute atomic E-state index is 12.9. The summed E-state index contributed by atoms with van der Waals surface area (Å²) in [6, 6.07) is -0.383. The quantitative estimate of drug-likeness (QED) is 0.764. The van der Waals surface area contributed by atoms with Crippen molar-refractivity contribution in [2.75, 3.05) is 4.90 Å². The third-order valence-corrected chi connectivity index (χ3v) is 7.00. The number of carbonyl (C=O) groups excluding carboxylic acids is 2. The molecule has 0 unspecified atom stereocenters. The first kappa shape index (κ1) is 17.5. The van der Waals surface area contributed by atoms with Crippen molar-refractivity contribution in [3.63, 3.8) is 0 Å². The number of aromatic nitrogens is 3. The summed E-state index contributed by atoms with van der Waals surface area (Å²) in [7, 11) is 1.81. The standard InChI is InChI=1S/C20H25N5O3/c1-10-13-7-6-12-15(20(13,4)8-11-9-21-28-14(10)11)23-24(5)16(12)25-17(26)19(2,3)22-18(25)27/h9-10,13H,6-8H2,1-5H3,(H,22,27)/t10-,13-,20-/m0/s1. The lowest BCUT2D eigenvalue weighted by molar-refractivity contribution is -0.121. The smallest absolute Gasteiger partial charge is 0.330 e. The highest BCUT2D eigenvalue weighted by Crippen LogP contribution is 2.54. The van der Waals surface area contributed by atoms with Crippen LogP contribution in [0.1, 0.15) is 62.6 Å². The monoisotopic (exact) mass is 383 g/mol. The minimum absolute atomic E-state index is 0.184. The van der Waals surface area contributed by atoms with Crippen molar-refractivity contribution in [3.8, 4) is 0 Å². The molecule has 2 aromatic heterocycles. The molecule has 2 aliphatic carbocycles. The number of hydrogen-bond acceptors (Lipinski definition) is 5. The van der Waals surface area contributed by atoms with E-state index in [1.807, 2.05) is 13.2 Å². The maximum atomic E-state index is 12.9. The van der Waals surface area contributed by atoms with E-state index < -0.39 is 5.54 Å². The molecule has 0 saturated carbocycles. The van der Waals surface area contributed by atoms with Gasteiger partial charge in [-0.25, -0.2) is 9.69 Å². The Morgan fingerprint density at radius 1 is 1.29 bits per heavy atom. The second-order valence-electron chi connectivity index (χ2n) is 9.21. The summed E-state index contributed by atoms with van der Waals surface area (Å²) in [6.45, 7) is 7.89. The second-order valence-corrected chi connectivity index (χ2v) is 9.21. The molecule has 1 N–H and O–H groups in total. The minimum atomic E-state index is -0.911. The van der Waals surface area contributed by atoms with Gasteiger partial charge in [-0.05, 0) is 39.0 Å². The van der Waals surface area contributed by atoms with Crippen LogP contribution in [0.4, 0.5) is 10.6 Å². The molecule has 0 spiro atoms. The molecule has 1 saturated heterocycles. The maximum Gasteiger partial charge on any atom is 0.330 e. The van der Waals surface area contributed by atoms with Crippen LogP contribution in [0.25, 0.3) is 0 Å². The largest absolute Gasteiger partial charge is 0.361 e. The lowest BCUT2D eigenvalue weighted by Gasteiger charge is -2.46. The van der Waals surface area contributed by atoms with E-state index in [0.717, 1.165) is 41.8 Å². The van der Waals surface area contributed by atoms with Gasteiger partial charge in [-0.2, -0.15) is 5.10 Å². The summed E-state index contributed by atoms with van der Waals surface area (Å²) in [5, 5.41) is 11.6. The Hall–Kier alpha value is -2.64. The molecule has 28 heavy (non-hydrogen) atoms. The van der Waals surface area contributed by atoms with Gasteiger partial charge in [-0.1, -0.05) is 19.0 Å². The molecule has 148 valence electrons. The Bertz CT molecular complexity index is 1020. The summed E-state index contributed by atoms with van der Waals surface area (Å²) in [4.78, 5) is 26.8. The fourth-order valence-corrected chi connectivity index (χ4v) is 5.63. The number of anilines is 1. The number of amides is 3. The zero-order chi connectivity index (χ0) is 20.0. The lowest BCUT2D eigenvalue weighted by Crippen LogP contribution is -2.45. The molecule has 1 aliphatic heterocycles. The van der Waals surface area contributed by atoms with Crippen LogP contribution in [0.5, 0.6) is 0 Å². The van der Waals surface area contributed by atoms with Gasteiger partial charge in [0.05, 0.1) is 11.9 Å². The Morgan fingerprint density at radius 2 is 2.04 bits per heavy atom. The van der Waals surface area contributed by atoms with Crippen molar-refractivity contribution in [1.29, 1.82) is 0 Å². The number of imide groups is 1. The van der Waals surface area contributed by atoms with Crippen molar-refractivity contribution in [2.24, 2.45) is 13.0 Å². The number of carbonyl (C=O) groups is 2. The topological polar surface area (TPSA) is 93.3 Å². The van der Waals surface area contributed by atoms with Crippen molar-refractivity contribution in [2.45, 2.75) is 63.8 Å². The van der Waals surface area contributed by atoms with Crippen LogP contribution in [0, 0.1) is 5.92 Å². The Labute approximate surface area is 163 Å². The van der Waals surface area contributed by atoms with Crippen molar-refractivity contribution in [1.82, 2.24) is 20.3 Å². The van der Waals surface area contributed by atoms with Crippen molar-refractivity contribution >= 4 is 17.8 Å². The van der Waals surface area contributed by atoms with Gasteiger partial charge in [0.25, 0.3) is 5.91 Å². The number of fused-ring (bicyclic) bond motifs is 4. The first-order valence-electron chi connectivity index (χ1n) is 9.81. The van der Waals surface area contributed by atoms with Gasteiger partial charge in [0, 0.05) is 29.5 Å². The van der Waals surface area contributed by atoms with Crippen LogP contribution in [0.2, 0.25) is 0 Å². The molecule has 3 atom stereocenters. The van der Waals surface area contributed by atoms with Crippen LogP contribution < -0.4 is 10.2 Å². The van der Waals surface area contributed by atoms with Gasteiger partial charge >= 0.3 is 6.03 Å². The van der Waals surface area contributed by atoms with E-state index >= 15 is 0 Å². The van der Waals surface area contributed by atoms with E-state index in [0.29, 0.717) is 11.7 Å². The lowest BCUT2D eigenvalue weighted by atomic mass is 9.57. The summed E-state index contributed by atoms with van der Waals surface area (Å²) >= 11 is 0. The van der Waals surface area contributed by atoms with Gasteiger partial charge < -0.3 is 9.84 Å². The number of nitrogens with one attached hydrogen (secondary N) is 1. The summed E-state index contributed by atoms with van der Waals surface area (Å²) in [5.41, 5.74) is 2.03. The normalized spacial score (nSPS) is 30.7. The van der Waals surface area contributed by atoms with Gasteiger partial charge in [-0.3, -0.25) is 9.48 Å². The third kappa shape index (κ3) is 2.00. The molecule has 3 amide bonds. The summed E-state index contributed by atoms with van der Waals surface area (Å²) in [6.07, 6.45) is 4.35. The summed E-state index contributed by atoms with van der Waals surface area (Å²) in [5.74, 6) is 1.98. The third-order valence-electron chi connectivity index (χ3n) is 7.00. The van der Waals surface area contributed by atoms with Crippen LogP contribution in [-0.2, 0) is 30.1 Å². The fourth-order valence-electron chi connectivity index (χ4n) is 5.63. The highest BCUT2D eigenvalue weighted by molar-refractivity contribution is 6.23. The molecule has 0 radical (unpaired) electrons. The number of hydrogen-bond donors (Lipinski definition) is 1. The van der Waals surface area contributed by atoms with Gasteiger partial charge in [-0.15, -0.1) is 0 Å². The van der Waals surface area contributed by atoms with Crippen LogP contribution in [0.15, 0.2) is 10.7 Å². The minimum Gasteiger partial charge on any atom is -0.361 e. The number of aryl methyl sites for hydroxylation is 1. The number of rotatable bonds is 1. The average molecular weight is 383 g/mol. The SMILES string of the molecule is C[C@@H]1c2oncc2C[C@]2(C)c3nn(C)c(N4C(=O)NC(C)(C)C4=O)c3CC[C@@H]12. The molecule has 5 rings (SSSR count). The first-order chi connectivity index (χ1) is 13.1. The number of urea groups is 1. The van der Waals surface area contributed by atoms with Crippen LogP contribution >= 0.6 is 0 Å². The van der Waals surface area contributed by atoms with E-state index in [1.165, 1.54) is 4.90 Å². The van der Waals surface area contributed by atoms with Gasteiger partial charge in [0.15, 0.2) is 0 Å². The highest BCUT2D eigenvalue weighted by atomic mass is 16.5. The van der Waals surface area contributed by atoms with Crippen molar-refractivity contribution < 1.29 is 14.1 Å². The molecule has 0 aromatic carbocycles. The Balaban J connectivity index is 1.65. The summed E-state index contributed by atoms with van der Waals surface area (Å²) < 4.78 is 7.23. The van der Waals surface area contributed by atoms with E-state index in [4.69, 9.17) is 9.62 Å². The predicted molar refractivity (Wildman–Crippen MR) is 101 cm³/mol. The molecule has 8 heteroatoms. The Morgan fingerprint density at radius 3 is 2.71 bits per heavy atom. The first-order valence-corrected chi connectivity index (χ1v) is 9.81. The van der Waals surface area contributed by atoms with Gasteiger partial charge in [0.2, 0.25) is 0 Å². The molecule has 8 nitrogen and oxygen atoms in total. The molecule has 1 fully saturated rings. The molecular formula is C20H25N5O3. The van der Waals surface area contributed by atoms with Crippen LogP contribution in [0.3, 0.4) is 0 Å². The molecule has 3 heterocycles. The van der Waals surface area contributed by atoms with Crippen molar-refractivity contribution in [3.05, 3.63) is 28.8 Å². The second kappa shape index (κ2) is 5.24. The number of nitrogens with zero attached hydrogens (tertiary/aromatic N) is 4. The Kier molecular flexibility index (Phi) is 3.27. The molecule has 2 aromatic rings. The highest BCUT2D eigenvalue weighted by Gasteiger charge is 2.53. The van der Waals surface area contributed by atoms with Crippen LogP contribution in [-0.4, -0.2) is 32.4 Å². The average Bonchev–Trinajstić information content (AvgIpc) is 3.24.